The van der Waals surface area contributed by atoms with Crippen LogP contribution in [0.4, 0.5) is 18.9 Å². The number of alkyl halides is 3. The molecule has 0 radical (unpaired) electrons. The summed E-state index contributed by atoms with van der Waals surface area (Å²) in [6, 6.07) is 7.52. The fraction of sp³-hybridized carbons (Fsp3) is 0.105. The average Bonchev–Trinajstić information content (AvgIpc) is 3.03. The Kier molecular flexibility index (Phi) is 6.11. The molecule has 3 aromatic rings. The normalized spacial score (nSPS) is 11.7. The molecule has 1 heterocycles. The van der Waals surface area contributed by atoms with E-state index in [1.54, 1.807) is 6.07 Å². The average molecular weight is 484 g/mol. The number of nitrogens with one attached hydrogen (secondary N) is 3. The third-order valence-electron chi connectivity index (χ3n) is 3.85. The molecule has 156 valence electrons. The number of esters is 1. The van der Waals surface area contributed by atoms with Crippen LogP contribution in [0.2, 0.25) is 0 Å². The van der Waals surface area contributed by atoms with Gasteiger partial charge in [0.05, 0.1) is 22.3 Å². The number of hydrogen-bond donors (Lipinski definition) is 3. The van der Waals surface area contributed by atoms with Crippen LogP contribution in [0.25, 0.3) is 17.1 Å². The first-order valence-corrected chi connectivity index (χ1v) is 9.14. The van der Waals surface area contributed by atoms with Crippen LogP contribution in [-0.4, -0.2) is 28.5 Å². The largest absolute Gasteiger partial charge is 0.452 e. The molecule has 1 amide bonds. The summed E-state index contributed by atoms with van der Waals surface area (Å²) >= 11 is 3.26. The number of amides is 1. The molecular formula is C19H13BrF3N3O4. The van der Waals surface area contributed by atoms with Crippen molar-refractivity contribution in [1.82, 2.24) is 9.97 Å². The number of hydrogen-bond acceptors (Lipinski definition) is 4. The molecule has 0 saturated heterocycles. The number of imidazole rings is 1. The molecule has 30 heavy (non-hydrogen) atoms. The van der Waals surface area contributed by atoms with E-state index >= 15 is 0 Å². The molecule has 7 nitrogen and oxygen atoms in total. The van der Waals surface area contributed by atoms with E-state index in [2.05, 4.69) is 31.2 Å². The lowest BCUT2D eigenvalue weighted by Crippen LogP contribution is -2.20. The maximum Gasteiger partial charge on any atom is 0.416 e. The van der Waals surface area contributed by atoms with Crippen LogP contribution in [0.1, 0.15) is 11.1 Å². The lowest BCUT2D eigenvalue weighted by Gasteiger charge is -2.08. The van der Waals surface area contributed by atoms with Gasteiger partial charge in [-0.2, -0.15) is 13.2 Å². The van der Waals surface area contributed by atoms with Crippen molar-refractivity contribution < 1.29 is 27.5 Å². The van der Waals surface area contributed by atoms with Gasteiger partial charge < -0.3 is 20.0 Å². The van der Waals surface area contributed by atoms with E-state index in [0.717, 1.165) is 24.3 Å². The second kappa shape index (κ2) is 8.57. The third kappa shape index (κ3) is 5.38. The monoisotopic (exact) mass is 483 g/mol. The predicted octanol–water partition coefficient (Wildman–Crippen LogP) is 3.83. The number of anilines is 1. The highest BCUT2D eigenvalue weighted by atomic mass is 79.9. The van der Waals surface area contributed by atoms with Gasteiger partial charge in [-0.25, -0.2) is 9.59 Å². The number of aromatic amines is 2. The number of fused-ring (bicyclic) bond motifs is 1. The minimum absolute atomic E-state index is 0.156. The Bertz CT molecular complexity index is 1200. The maximum atomic E-state index is 12.7. The predicted molar refractivity (Wildman–Crippen MR) is 107 cm³/mol. The SMILES string of the molecule is O=C(COC(=O)/C=C/c1cccc(C(F)(F)F)c1)Nc1cc2[nH]c(=O)[nH]c2cc1Br. The van der Waals surface area contributed by atoms with Crippen molar-refractivity contribution in [3.63, 3.8) is 0 Å². The summed E-state index contributed by atoms with van der Waals surface area (Å²) in [5.74, 6) is -1.54. The van der Waals surface area contributed by atoms with Crippen molar-refractivity contribution in [3.05, 3.63) is 68.6 Å². The number of benzene rings is 2. The van der Waals surface area contributed by atoms with Crippen molar-refractivity contribution >= 4 is 50.6 Å². The van der Waals surface area contributed by atoms with E-state index in [0.29, 0.717) is 21.2 Å². The molecule has 0 spiro atoms. The van der Waals surface area contributed by atoms with Crippen molar-refractivity contribution in [1.29, 1.82) is 0 Å². The summed E-state index contributed by atoms with van der Waals surface area (Å²) in [6.45, 7) is -0.611. The zero-order valence-corrected chi connectivity index (χ0v) is 16.6. The van der Waals surface area contributed by atoms with Crippen LogP contribution in [0, 0.1) is 0 Å². The van der Waals surface area contributed by atoms with Gasteiger partial charge in [0.2, 0.25) is 0 Å². The molecule has 0 aliphatic rings. The highest BCUT2D eigenvalue weighted by molar-refractivity contribution is 9.10. The first-order chi connectivity index (χ1) is 14.1. The van der Waals surface area contributed by atoms with Crippen molar-refractivity contribution in [2.24, 2.45) is 0 Å². The Morgan fingerprint density at radius 3 is 2.53 bits per heavy atom. The van der Waals surface area contributed by atoms with E-state index in [9.17, 15) is 27.6 Å². The molecular weight excluding hydrogens is 471 g/mol. The second-order valence-electron chi connectivity index (χ2n) is 6.07. The zero-order chi connectivity index (χ0) is 21.9. The fourth-order valence-electron chi connectivity index (χ4n) is 2.51. The molecule has 3 rings (SSSR count). The van der Waals surface area contributed by atoms with Crippen LogP contribution >= 0.6 is 15.9 Å². The summed E-state index contributed by atoms with van der Waals surface area (Å²) in [7, 11) is 0. The smallest absolute Gasteiger partial charge is 0.416 e. The number of aromatic nitrogens is 2. The molecule has 0 aliphatic carbocycles. The lowest BCUT2D eigenvalue weighted by atomic mass is 10.1. The van der Waals surface area contributed by atoms with Crippen LogP contribution in [0.3, 0.4) is 0 Å². The Morgan fingerprint density at radius 1 is 1.13 bits per heavy atom. The standard InChI is InChI=1S/C19H13BrF3N3O4/c20-12-7-14-15(26-18(29)25-14)8-13(12)24-16(27)9-30-17(28)5-4-10-2-1-3-11(6-10)19(21,22)23/h1-8H,9H2,(H,24,27)(H2,25,26,29)/b5-4+. The summed E-state index contributed by atoms with van der Waals surface area (Å²) in [5, 5.41) is 2.52. The Labute approximate surface area is 175 Å². The number of H-pyrrole nitrogens is 2. The van der Waals surface area contributed by atoms with Gasteiger partial charge in [-0.3, -0.25) is 4.79 Å². The first kappa shape index (κ1) is 21.4. The van der Waals surface area contributed by atoms with Gasteiger partial charge in [-0.05, 0) is 51.8 Å². The molecule has 0 fully saturated rings. The van der Waals surface area contributed by atoms with E-state index in [4.69, 9.17) is 4.74 Å². The summed E-state index contributed by atoms with van der Waals surface area (Å²) < 4.78 is 43.3. The van der Waals surface area contributed by atoms with Gasteiger partial charge in [-0.15, -0.1) is 0 Å². The second-order valence-corrected chi connectivity index (χ2v) is 6.92. The van der Waals surface area contributed by atoms with Gasteiger partial charge in [0, 0.05) is 10.5 Å². The quantitative estimate of drug-likeness (QED) is 0.378. The topological polar surface area (TPSA) is 104 Å². The maximum absolute atomic E-state index is 12.7. The van der Waals surface area contributed by atoms with E-state index < -0.39 is 35.9 Å². The van der Waals surface area contributed by atoms with Gasteiger partial charge in [-0.1, -0.05) is 12.1 Å². The van der Waals surface area contributed by atoms with Crippen molar-refractivity contribution in [2.45, 2.75) is 6.18 Å². The number of carbonyl (C=O) groups excluding carboxylic acids is 2. The van der Waals surface area contributed by atoms with Crippen LogP contribution in [-0.2, 0) is 20.5 Å². The summed E-state index contributed by atoms with van der Waals surface area (Å²) in [6.07, 6.45) is -2.41. The van der Waals surface area contributed by atoms with Crippen LogP contribution < -0.4 is 11.0 Å². The Morgan fingerprint density at radius 2 is 1.83 bits per heavy atom. The highest BCUT2D eigenvalue weighted by Gasteiger charge is 2.30. The van der Waals surface area contributed by atoms with E-state index in [1.807, 2.05) is 0 Å². The van der Waals surface area contributed by atoms with Gasteiger partial charge >= 0.3 is 17.8 Å². The van der Waals surface area contributed by atoms with E-state index in [1.165, 1.54) is 18.2 Å². The molecule has 3 N–H and O–H groups in total. The molecule has 2 aromatic carbocycles. The number of ether oxygens (including phenoxy) is 1. The highest BCUT2D eigenvalue weighted by Crippen LogP contribution is 2.29. The van der Waals surface area contributed by atoms with Crippen molar-refractivity contribution in [2.75, 3.05) is 11.9 Å². The van der Waals surface area contributed by atoms with Crippen LogP contribution in [0.5, 0.6) is 0 Å². The lowest BCUT2D eigenvalue weighted by molar-refractivity contribution is -0.142. The Balaban J connectivity index is 1.57. The molecule has 0 unspecified atom stereocenters. The zero-order valence-electron chi connectivity index (χ0n) is 15.0. The van der Waals surface area contributed by atoms with Crippen molar-refractivity contribution in [3.8, 4) is 0 Å². The van der Waals surface area contributed by atoms with E-state index in [-0.39, 0.29) is 5.56 Å². The van der Waals surface area contributed by atoms with Gasteiger partial charge in [0.1, 0.15) is 0 Å². The molecule has 11 heteroatoms. The minimum Gasteiger partial charge on any atom is -0.452 e. The molecule has 1 aromatic heterocycles. The van der Waals surface area contributed by atoms with Crippen LogP contribution in [0.15, 0.2) is 51.7 Å². The first-order valence-electron chi connectivity index (χ1n) is 8.35. The molecule has 0 atom stereocenters. The Hall–Kier alpha value is -3.34. The summed E-state index contributed by atoms with van der Waals surface area (Å²) in [4.78, 5) is 40.2. The fourth-order valence-corrected chi connectivity index (χ4v) is 2.95. The molecule has 0 aliphatic heterocycles. The third-order valence-corrected chi connectivity index (χ3v) is 4.51. The molecule has 0 saturated carbocycles. The number of rotatable bonds is 5. The molecule has 0 bridgehead atoms. The van der Waals surface area contributed by atoms with Gasteiger partial charge in [0.25, 0.3) is 5.91 Å². The number of carbonyl (C=O) groups is 2. The van der Waals surface area contributed by atoms with Gasteiger partial charge in [0.15, 0.2) is 6.61 Å². The summed E-state index contributed by atoms with van der Waals surface area (Å²) in [5.41, 5.74) is 0.267. The minimum atomic E-state index is -4.49. The number of halogens is 4.